The van der Waals surface area contributed by atoms with E-state index in [1.165, 1.54) is 45.2 Å². The summed E-state index contributed by atoms with van der Waals surface area (Å²) in [5.41, 5.74) is 0. The molecule has 3 nitrogen and oxygen atoms in total. The summed E-state index contributed by atoms with van der Waals surface area (Å²) in [4.78, 5) is 2.52. The number of piperidine rings is 1. The van der Waals surface area contributed by atoms with Crippen LogP contribution in [0, 0.1) is 0 Å². The van der Waals surface area contributed by atoms with Gasteiger partial charge >= 0.3 is 0 Å². The van der Waals surface area contributed by atoms with Crippen LogP contribution in [0.2, 0.25) is 0 Å². The van der Waals surface area contributed by atoms with Crippen LogP contribution in [0.3, 0.4) is 0 Å². The number of hydrogen-bond acceptors (Lipinski definition) is 3. The Balaban J connectivity index is 2.07. The highest BCUT2D eigenvalue weighted by Gasteiger charge is 2.19. The van der Waals surface area contributed by atoms with Crippen LogP contribution < -0.4 is 0 Å². The summed E-state index contributed by atoms with van der Waals surface area (Å²) >= 11 is 0. The van der Waals surface area contributed by atoms with Gasteiger partial charge in [0.1, 0.15) is 0 Å². The molecule has 0 radical (unpaired) electrons. The van der Waals surface area contributed by atoms with Crippen molar-refractivity contribution in [1.29, 1.82) is 0 Å². The Bertz CT molecular complexity index is 164. The molecule has 0 aromatic heterocycles. The molecule has 1 fully saturated rings. The fourth-order valence-electron chi connectivity index (χ4n) is 2.33. The number of aliphatic hydroxyl groups is 1. The van der Waals surface area contributed by atoms with Gasteiger partial charge in [-0.3, -0.25) is 0 Å². The van der Waals surface area contributed by atoms with Crippen molar-refractivity contribution in [3.8, 4) is 0 Å². The van der Waals surface area contributed by atoms with Crippen LogP contribution in [-0.4, -0.2) is 49.0 Å². The molecule has 0 unspecified atom stereocenters. The molecule has 0 saturated carbocycles. The van der Waals surface area contributed by atoms with Crippen LogP contribution in [0.1, 0.15) is 45.4 Å². The average Bonchev–Trinajstić information content (AvgIpc) is 2.33. The Kier molecular flexibility index (Phi) is 7.81. The molecule has 0 amide bonds. The van der Waals surface area contributed by atoms with Gasteiger partial charge in [0, 0.05) is 6.54 Å². The molecule has 3 heteroatoms. The second-order valence-corrected chi connectivity index (χ2v) is 4.72. The SMILES string of the molecule is CCCCCCN1CCC[C@H](OCCO)C1. The van der Waals surface area contributed by atoms with Crippen molar-refractivity contribution < 1.29 is 9.84 Å². The largest absolute Gasteiger partial charge is 0.394 e. The molecule has 1 heterocycles. The van der Waals surface area contributed by atoms with Gasteiger partial charge in [0.2, 0.25) is 0 Å². The van der Waals surface area contributed by atoms with Crippen molar-refractivity contribution in [3.63, 3.8) is 0 Å². The van der Waals surface area contributed by atoms with Gasteiger partial charge in [-0.25, -0.2) is 0 Å². The highest BCUT2D eigenvalue weighted by Crippen LogP contribution is 2.14. The monoisotopic (exact) mass is 229 g/mol. The number of hydrogen-bond donors (Lipinski definition) is 1. The van der Waals surface area contributed by atoms with Gasteiger partial charge in [0.15, 0.2) is 0 Å². The van der Waals surface area contributed by atoms with Crippen molar-refractivity contribution in [2.75, 3.05) is 32.8 Å². The van der Waals surface area contributed by atoms with Gasteiger partial charge in [-0.2, -0.15) is 0 Å². The number of aliphatic hydroxyl groups excluding tert-OH is 1. The third-order valence-electron chi connectivity index (χ3n) is 3.24. The number of unbranched alkanes of at least 4 members (excludes halogenated alkanes) is 3. The average molecular weight is 229 g/mol. The van der Waals surface area contributed by atoms with Gasteiger partial charge in [0.05, 0.1) is 19.3 Å². The van der Waals surface area contributed by atoms with E-state index < -0.39 is 0 Å². The zero-order chi connectivity index (χ0) is 11.6. The summed E-state index contributed by atoms with van der Waals surface area (Å²) in [6, 6.07) is 0. The Morgan fingerprint density at radius 2 is 2.19 bits per heavy atom. The maximum atomic E-state index is 8.72. The molecule has 0 spiro atoms. The van der Waals surface area contributed by atoms with Gasteiger partial charge in [-0.1, -0.05) is 26.2 Å². The molecule has 1 saturated heterocycles. The first-order valence-electron chi connectivity index (χ1n) is 6.81. The predicted molar refractivity (Wildman–Crippen MR) is 66.6 cm³/mol. The van der Waals surface area contributed by atoms with Gasteiger partial charge < -0.3 is 14.7 Å². The number of rotatable bonds is 8. The molecule has 1 atom stereocenters. The van der Waals surface area contributed by atoms with E-state index >= 15 is 0 Å². The van der Waals surface area contributed by atoms with Crippen LogP contribution in [0.25, 0.3) is 0 Å². The molecule has 0 aromatic rings. The third-order valence-corrected chi connectivity index (χ3v) is 3.24. The van der Waals surface area contributed by atoms with E-state index in [-0.39, 0.29) is 6.61 Å². The lowest BCUT2D eigenvalue weighted by molar-refractivity contribution is -0.0147. The zero-order valence-corrected chi connectivity index (χ0v) is 10.7. The van der Waals surface area contributed by atoms with E-state index in [0.29, 0.717) is 12.7 Å². The van der Waals surface area contributed by atoms with E-state index in [1.807, 2.05) is 0 Å². The third kappa shape index (κ3) is 5.83. The molecule has 0 bridgehead atoms. The Hall–Kier alpha value is -0.120. The van der Waals surface area contributed by atoms with Gasteiger partial charge in [-0.15, -0.1) is 0 Å². The Morgan fingerprint density at radius 1 is 1.31 bits per heavy atom. The van der Waals surface area contributed by atoms with E-state index in [9.17, 15) is 0 Å². The minimum atomic E-state index is 0.146. The highest BCUT2D eigenvalue weighted by atomic mass is 16.5. The summed E-state index contributed by atoms with van der Waals surface area (Å²) < 4.78 is 5.60. The molecule has 96 valence electrons. The van der Waals surface area contributed by atoms with Crippen molar-refractivity contribution in [1.82, 2.24) is 4.90 Å². The standard InChI is InChI=1S/C13H27NO2/c1-2-3-4-5-8-14-9-6-7-13(12-14)16-11-10-15/h13,15H,2-12H2,1H3/t13-/m0/s1. The fourth-order valence-corrected chi connectivity index (χ4v) is 2.33. The second-order valence-electron chi connectivity index (χ2n) is 4.72. The minimum Gasteiger partial charge on any atom is -0.394 e. The smallest absolute Gasteiger partial charge is 0.0703 e. The lowest BCUT2D eigenvalue weighted by atomic mass is 10.1. The minimum absolute atomic E-state index is 0.146. The number of ether oxygens (including phenoxy) is 1. The maximum Gasteiger partial charge on any atom is 0.0703 e. The first kappa shape index (κ1) is 13.9. The summed E-state index contributed by atoms with van der Waals surface area (Å²) in [5, 5.41) is 8.72. The van der Waals surface area contributed by atoms with Crippen LogP contribution in [0.15, 0.2) is 0 Å². The molecule has 0 aromatic carbocycles. The molecule has 1 aliphatic rings. The number of nitrogens with zero attached hydrogens (tertiary/aromatic N) is 1. The zero-order valence-electron chi connectivity index (χ0n) is 10.7. The topological polar surface area (TPSA) is 32.7 Å². The fraction of sp³-hybridized carbons (Fsp3) is 1.00. The van der Waals surface area contributed by atoms with Crippen molar-refractivity contribution >= 4 is 0 Å². The summed E-state index contributed by atoms with van der Waals surface area (Å²) in [6.45, 7) is 6.40. The predicted octanol–water partition coefficient (Wildman–Crippen LogP) is 2.04. The molecule has 1 aliphatic heterocycles. The summed E-state index contributed by atoms with van der Waals surface area (Å²) in [5.74, 6) is 0. The van der Waals surface area contributed by atoms with E-state index in [1.54, 1.807) is 0 Å². The van der Waals surface area contributed by atoms with E-state index in [2.05, 4.69) is 11.8 Å². The lowest BCUT2D eigenvalue weighted by Crippen LogP contribution is -2.40. The van der Waals surface area contributed by atoms with E-state index in [0.717, 1.165) is 13.0 Å². The Labute approximate surface area is 99.8 Å². The molecular weight excluding hydrogens is 202 g/mol. The molecule has 1 rings (SSSR count). The Morgan fingerprint density at radius 3 is 2.94 bits per heavy atom. The normalized spacial score (nSPS) is 22.5. The van der Waals surface area contributed by atoms with Crippen molar-refractivity contribution in [2.24, 2.45) is 0 Å². The number of likely N-dealkylation sites (tertiary alicyclic amines) is 1. The lowest BCUT2D eigenvalue weighted by Gasteiger charge is -2.32. The van der Waals surface area contributed by atoms with E-state index in [4.69, 9.17) is 9.84 Å². The molecule has 16 heavy (non-hydrogen) atoms. The van der Waals surface area contributed by atoms with Gasteiger partial charge in [-0.05, 0) is 32.4 Å². The molecular formula is C13H27NO2. The van der Waals surface area contributed by atoms with Crippen LogP contribution in [0.5, 0.6) is 0 Å². The maximum absolute atomic E-state index is 8.72. The summed E-state index contributed by atoms with van der Waals surface area (Å²) in [6.07, 6.45) is 8.10. The summed E-state index contributed by atoms with van der Waals surface area (Å²) in [7, 11) is 0. The highest BCUT2D eigenvalue weighted by molar-refractivity contribution is 4.73. The van der Waals surface area contributed by atoms with Crippen LogP contribution >= 0.6 is 0 Å². The quantitative estimate of drug-likeness (QED) is 0.647. The van der Waals surface area contributed by atoms with Crippen LogP contribution in [-0.2, 0) is 4.74 Å². The van der Waals surface area contributed by atoms with Crippen molar-refractivity contribution in [3.05, 3.63) is 0 Å². The van der Waals surface area contributed by atoms with Crippen molar-refractivity contribution in [2.45, 2.75) is 51.6 Å². The second kappa shape index (κ2) is 8.97. The molecule has 1 N–H and O–H groups in total. The van der Waals surface area contributed by atoms with Gasteiger partial charge in [0.25, 0.3) is 0 Å². The van der Waals surface area contributed by atoms with Crippen LogP contribution in [0.4, 0.5) is 0 Å². The first-order chi connectivity index (χ1) is 7.86. The molecule has 0 aliphatic carbocycles. The first-order valence-corrected chi connectivity index (χ1v) is 6.81.